The van der Waals surface area contributed by atoms with Crippen LogP contribution in [0.1, 0.15) is 21.9 Å². The van der Waals surface area contributed by atoms with E-state index < -0.39 is 0 Å². The SMILES string of the molecule is CNCCNC(=O)c1nc(-n2nc(C)cc2C)ccc1Cl.Cl. The fourth-order valence-corrected chi connectivity index (χ4v) is 2.15. The maximum Gasteiger partial charge on any atom is 0.271 e. The van der Waals surface area contributed by atoms with E-state index in [1.165, 1.54) is 0 Å². The summed E-state index contributed by atoms with van der Waals surface area (Å²) in [5, 5.41) is 10.4. The van der Waals surface area contributed by atoms with Crippen LogP contribution in [-0.2, 0) is 0 Å². The van der Waals surface area contributed by atoms with E-state index in [4.69, 9.17) is 11.6 Å². The molecule has 1 amide bonds. The molecule has 0 aliphatic heterocycles. The van der Waals surface area contributed by atoms with Crippen LogP contribution in [-0.4, -0.2) is 40.8 Å². The van der Waals surface area contributed by atoms with Crippen LogP contribution in [0.15, 0.2) is 18.2 Å². The van der Waals surface area contributed by atoms with Crippen LogP contribution >= 0.6 is 24.0 Å². The van der Waals surface area contributed by atoms with Gasteiger partial charge in [-0.1, -0.05) is 11.6 Å². The number of pyridine rings is 1. The molecule has 22 heavy (non-hydrogen) atoms. The number of carbonyl (C=O) groups is 1. The largest absolute Gasteiger partial charge is 0.349 e. The lowest BCUT2D eigenvalue weighted by Crippen LogP contribution is -2.31. The highest BCUT2D eigenvalue weighted by molar-refractivity contribution is 6.33. The van der Waals surface area contributed by atoms with Gasteiger partial charge in [0.15, 0.2) is 5.82 Å². The zero-order valence-corrected chi connectivity index (χ0v) is 14.3. The van der Waals surface area contributed by atoms with Crippen LogP contribution in [0.2, 0.25) is 5.02 Å². The van der Waals surface area contributed by atoms with Crippen molar-refractivity contribution >= 4 is 29.9 Å². The van der Waals surface area contributed by atoms with Crippen molar-refractivity contribution in [3.63, 3.8) is 0 Å². The third-order valence-electron chi connectivity index (χ3n) is 2.93. The number of amides is 1. The number of halogens is 2. The highest BCUT2D eigenvalue weighted by atomic mass is 35.5. The zero-order chi connectivity index (χ0) is 15.4. The van der Waals surface area contributed by atoms with Crippen molar-refractivity contribution < 1.29 is 4.79 Å². The topological polar surface area (TPSA) is 71.8 Å². The summed E-state index contributed by atoms with van der Waals surface area (Å²) in [7, 11) is 1.82. The van der Waals surface area contributed by atoms with Crippen LogP contribution < -0.4 is 10.6 Å². The maximum absolute atomic E-state index is 12.1. The molecule has 0 spiro atoms. The van der Waals surface area contributed by atoms with Crippen LogP contribution in [0.5, 0.6) is 0 Å². The Kier molecular flexibility index (Phi) is 6.80. The molecule has 0 radical (unpaired) electrons. The number of hydrogen-bond acceptors (Lipinski definition) is 4. The first kappa shape index (κ1) is 18.4. The Morgan fingerprint density at radius 2 is 2.05 bits per heavy atom. The van der Waals surface area contributed by atoms with Gasteiger partial charge in [-0.25, -0.2) is 9.67 Å². The molecule has 0 bridgehead atoms. The molecule has 0 aliphatic carbocycles. The van der Waals surface area contributed by atoms with Gasteiger partial charge in [-0.05, 0) is 39.1 Å². The van der Waals surface area contributed by atoms with E-state index in [0.29, 0.717) is 23.9 Å². The van der Waals surface area contributed by atoms with E-state index >= 15 is 0 Å². The van der Waals surface area contributed by atoms with Gasteiger partial charge in [0.25, 0.3) is 5.91 Å². The lowest BCUT2D eigenvalue weighted by atomic mass is 10.3. The van der Waals surface area contributed by atoms with Crippen LogP contribution in [0.25, 0.3) is 5.82 Å². The van der Waals surface area contributed by atoms with Gasteiger partial charge in [-0.3, -0.25) is 4.79 Å². The van der Waals surface area contributed by atoms with Crippen molar-refractivity contribution in [2.24, 2.45) is 0 Å². The summed E-state index contributed by atoms with van der Waals surface area (Å²) in [4.78, 5) is 16.4. The zero-order valence-electron chi connectivity index (χ0n) is 12.7. The maximum atomic E-state index is 12.1. The molecule has 0 fully saturated rings. The fraction of sp³-hybridized carbons (Fsp3) is 0.357. The summed E-state index contributed by atoms with van der Waals surface area (Å²) in [6.07, 6.45) is 0. The first-order chi connectivity index (χ1) is 10.0. The van der Waals surface area contributed by atoms with Crippen molar-refractivity contribution in [3.8, 4) is 5.82 Å². The van der Waals surface area contributed by atoms with E-state index in [1.54, 1.807) is 16.8 Å². The molecule has 0 aliphatic rings. The van der Waals surface area contributed by atoms with Gasteiger partial charge >= 0.3 is 0 Å². The van der Waals surface area contributed by atoms with E-state index in [9.17, 15) is 4.79 Å². The highest BCUT2D eigenvalue weighted by Crippen LogP contribution is 2.17. The molecule has 0 saturated carbocycles. The average Bonchev–Trinajstić information content (AvgIpc) is 2.78. The van der Waals surface area contributed by atoms with Gasteiger partial charge in [-0.15, -0.1) is 12.4 Å². The third-order valence-corrected chi connectivity index (χ3v) is 3.24. The number of aromatic nitrogens is 3. The fourth-order valence-electron chi connectivity index (χ4n) is 1.95. The first-order valence-corrected chi connectivity index (χ1v) is 7.03. The molecule has 2 heterocycles. The molecule has 2 aromatic heterocycles. The third kappa shape index (κ3) is 4.19. The standard InChI is InChI=1S/C14H18ClN5O.ClH/c1-9-8-10(2)20(19-9)12-5-4-11(15)13(18-12)14(21)17-7-6-16-3;/h4-5,8,16H,6-7H2,1-3H3,(H,17,21);1H. The Morgan fingerprint density at radius 3 is 2.64 bits per heavy atom. The summed E-state index contributed by atoms with van der Waals surface area (Å²) in [6.45, 7) is 5.03. The van der Waals surface area contributed by atoms with Crippen LogP contribution in [0, 0.1) is 13.8 Å². The Bertz CT molecular complexity index is 657. The van der Waals surface area contributed by atoms with Crippen molar-refractivity contribution in [2.75, 3.05) is 20.1 Å². The number of aryl methyl sites for hydroxylation is 2. The number of rotatable bonds is 5. The molecule has 2 N–H and O–H groups in total. The van der Waals surface area contributed by atoms with E-state index in [-0.39, 0.29) is 24.0 Å². The summed E-state index contributed by atoms with van der Waals surface area (Å²) in [5.74, 6) is 0.280. The number of carbonyl (C=O) groups excluding carboxylic acids is 1. The molecular formula is C14H19Cl2N5O. The Hall–Kier alpha value is -1.63. The number of nitrogens with one attached hydrogen (secondary N) is 2. The first-order valence-electron chi connectivity index (χ1n) is 6.66. The van der Waals surface area contributed by atoms with Crippen molar-refractivity contribution in [3.05, 3.63) is 40.3 Å². The van der Waals surface area contributed by atoms with Gasteiger partial charge in [-0.2, -0.15) is 5.10 Å². The number of likely N-dealkylation sites (N-methyl/N-ethyl adjacent to an activating group) is 1. The van der Waals surface area contributed by atoms with Gasteiger partial charge in [0, 0.05) is 18.8 Å². The molecule has 0 atom stereocenters. The van der Waals surface area contributed by atoms with E-state index in [2.05, 4.69) is 20.7 Å². The molecule has 6 nitrogen and oxygen atoms in total. The molecule has 120 valence electrons. The lowest BCUT2D eigenvalue weighted by molar-refractivity contribution is 0.0949. The second-order valence-corrected chi connectivity index (χ2v) is 5.11. The summed E-state index contributed by atoms with van der Waals surface area (Å²) in [5.41, 5.74) is 2.05. The molecule has 2 aromatic rings. The van der Waals surface area contributed by atoms with Gasteiger partial charge < -0.3 is 10.6 Å². The quantitative estimate of drug-likeness (QED) is 0.813. The molecule has 0 aromatic carbocycles. The molecule has 8 heteroatoms. The van der Waals surface area contributed by atoms with Crippen LogP contribution in [0.3, 0.4) is 0 Å². The lowest BCUT2D eigenvalue weighted by Gasteiger charge is -2.09. The minimum Gasteiger partial charge on any atom is -0.349 e. The minimum atomic E-state index is -0.293. The van der Waals surface area contributed by atoms with E-state index in [1.807, 2.05) is 27.0 Å². The Balaban J connectivity index is 0.00000242. The molecule has 2 rings (SSSR count). The Morgan fingerprint density at radius 1 is 1.32 bits per heavy atom. The van der Waals surface area contributed by atoms with Crippen molar-refractivity contribution in [1.29, 1.82) is 0 Å². The van der Waals surface area contributed by atoms with E-state index in [0.717, 1.165) is 11.4 Å². The predicted octanol–water partition coefficient (Wildman–Crippen LogP) is 1.91. The average molecular weight is 344 g/mol. The van der Waals surface area contributed by atoms with Crippen molar-refractivity contribution in [1.82, 2.24) is 25.4 Å². The normalized spacial score (nSPS) is 10.2. The Labute approximate surface area is 140 Å². The summed E-state index contributed by atoms with van der Waals surface area (Å²) >= 11 is 6.07. The monoisotopic (exact) mass is 343 g/mol. The number of nitrogens with zero attached hydrogens (tertiary/aromatic N) is 3. The predicted molar refractivity (Wildman–Crippen MR) is 89.4 cm³/mol. The summed E-state index contributed by atoms with van der Waals surface area (Å²) < 4.78 is 1.69. The molecule has 0 saturated heterocycles. The minimum absolute atomic E-state index is 0. The second kappa shape index (κ2) is 8.12. The van der Waals surface area contributed by atoms with Gasteiger partial charge in [0.2, 0.25) is 0 Å². The van der Waals surface area contributed by atoms with Crippen LogP contribution in [0.4, 0.5) is 0 Å². The smallest absolute Gasteiger partial charge is 0.271 e. The highest BCUT2D eigenvalue weighted by Gasteiger charge is 2.14. The second-order valence-electron chi connectivity index (χ2n) is 4.70. The molecule has 0 unspecified atom stereocenters. The van der Waals surface area contributed by atoms with Crippen molar-refractivity contribution in [2.45, 2.75) is 13.8 Å². The molecular weight excluding hydrogens is 325 g/mol. The summed E-state index contributed by atoms with van der Waals surface area (Å²) in [6, 6.07) is 5.35. The number of hydrogen-bond donors (Lipinski definition) is 2. The van der Waals surface area contributed by atoms with Gasteiger partial charge in [0.05, 0.1) is 10.7 Å². The van der Waals surface area contributed by atoms with Gasteiger partial charge in [0.1, 0.15) is 5.69 Å².